The predicted molar refractivity (Wildman–Crippen MR) is 75.1 cm³/mol. The molecule has 20 heavy (non-hydrogen) atoms. The summed E-state index contributed by atoms with van der Waals surface area (Å²) in [6, 6.07) is -0.133. The summed E-state index contributed by atoms with van der Waals surface area (Å²) in [6.07, 6.45) is 1.67. The lowest BCUT2D eigenvalue weighted by molar-refractivity contribution is 0.186. The summed E-state index contributed by atoms with van der Waals surface area (Å²) in [5.74, 6) is 0.121. The molecule has 1 aliphatic heterocycles. The largest absolute Gasteiger partial charge is 0.394 e. The summed E-state index contributed by atoms with van der Waals surface area (Å²) in [7, 11) is 1.52. The number of nitrogens with one attached hydrogen (secondary N) is 1. The molecule has 1 aliphatic rings. The van der Waals surface area contributed by atoms with Crippen LogP contribution in [-0.2, 0) is 11.3 Å². The summed E-state index contributed by atoms with van der Waals surface area (Å²) in [6.45, 7) is 1.18. The number of methoxy groups -OCH3 is 1. The van der Waals surface area contributed by atoms with Crippen LogP contribution in [0.3, 0.4) is 0 Å². The molecular formula is C12H20N4O4. The van der Waals surface area contributed by atoms with E-state index in [1.807, 2.05) is 0 Å². The summed E-state index contributed by atoms with van der Waals surface area (Å²) in [4.78, 5) is 27.9. The van der Waals surface area contributed by atoms with Crippen LogP contribution in [0.2, 0.25) is 0 Å². The third-order valence-electron chi connectivity index (χ3n) is 3.61. The fraction of sp³-hybridized carbons (Fsp3) is 0.667. The Morgan fingerprint density at radius 2 is 2.25 bits per heavy atom. The van der Waals surface area contributed by atoms with Crippen molar-refractivity contribution in [3.8, 4) is 0 Å². The molecule has 0 amide bonds. The highest BCUT2D eigenvalue weighted by atomic mass is 16.5. The van der Waals surface area contributed by atoms with Crippen molar-refractivity contribution in [1.29, 1.82) is 0 Å². The summed E-state index contributed by atoms with van der Waals surface area (Å²) in [5.41, 5.74) is 5.19. The molecule has 1 fully saturated rings. The van der Waals surface area contributed by atoms with E-state index in [-0.39, 0.29) is 30.7 Å². The van der Waals surface area contributed by atoms with E-state index in [9.17, 15) is 14.7 Å². The highest BCUT2D eigenvalue weighted by Gasteiger charge is 2.28. The van der Waals surface area contributed by atoms with Gasteiger partial charge in [0, 0.05) is 13.7 Å². The van der Waals surface area contributed by atoms with Crippen molar-refractivity contribution in [2.24, 2.45) is 0 Å². The van der Waals surface area contributed by atoms with Crippen molar-refractivity contribution >= 4 is 11.5 Å². The topological polar surface area (TPSA) is 114 Å². The fourth-order valence-corrected chi connectivity index (χ4v) is 2.58. The van der Waals surface area contributed by atoms with Crippen LogP contribution < -0.4 is 21.9 Å². The van der Waals surface area contributed by atoms with Crippen LogP contribution in [0, 0.1) is 0 Å². The van der Waals surface area contributed by atoms with Crippen molar-refractivity contribution in [2.75, 3.05) is 37.5 Å². The third-order valence-corrected chi connectivity index (χ3v) is 3.61. The van der Waals surface area contributed by atoms with Crippen molar-refractivity contribution in [1.82, 2.24) is 9.55 Å². The maximum Gasteiger partial charge on any atom is 0.330 e. The normalized spacial score (nSPS) is 18.7. The number of H-pyrrole nitrogens is 1. The summed E-state index contributed by atoms with van der Waals surface area (Å²) < 4.78 is 6.22. The molecule has 0 spiro atoms. The number of nitrogen functional groups attached to an aromatic ring is 1. The first kappa shape index (κ1) is 14.6. The molecule has 0 bridgehead atoms. The molecule has 1 atom stereocenters. The van der Waals surface area contributed by atoms with Crippen LogP contribution in [0.4, 0.5) is 11.5 Å². The smallest absolute Gasteiger partial charge is 0.330 e. The Morgan fingerprint density at radius 3 is 2.90 bits per heavy atom. The molecule has 8 nitrogen and oxygen atoms in total. The van der Waals surface area contributed by atoms with E-state index >= 15 is 0 Å². The summed E-state index contributed by atoms with van der Waals surface area (Å²) in [5, 5.41) is 9.36. The van der Waals surface area contributed by atoms with E-state index in [1.54, 1.807) is 4.90 Å². The molecular weight excluding hydrogens is 264 g/mol. The molecule has 0 saturated carbocycles. The van der Waals surface area contributed by atoms with Gasteiger partial charge in [-0.05, 0) is 12.8 Å². The first-order chi connectivity index (χ1) is 9.60. The van der Waals surface area contributed by atoms with Crippen molar-refractivity contribution < 1.29 is 9.84 Å². The maximum absolute atomic E-state index is 12.0. The van der Waals surface area contributed by atoms with Crippen LogP contribution in [0.25, 0.3) is 0 Å². The Labute approximate surface area is 115 Å². The lowest BCUT2D eigenvalue weighted by atomic mass is 10.2. The Morgan fingerprint density at radius 1 is 1.50 bits per heavy atom. The van der Waals surface area contributed by atoms with Crippen LogP contribution in [0.1, 0.15) is 12.8 Å². The van der Waals surface area contributed by atoms with Crippen molar-refractivity contribution in [3.63, 3.8) is 0 Å². The second-order valence-corrected chi connectivity index (χ2v) is 4.81. The molecule has 112 valence electrons. The zero-order chi connectivity index (χ0) is 14.7. The van der Waals surface area contributed by atoms with E-state index in [2.05, 4.69) is 4.98 Å². The molecule has 1 unspecified atom stereocenters. The number of rotatable bonds is 5. The van der Waals surface area contributed by atoms with Gasteiger partial charge < -0.3 is 20.5 Å². The Hall–Kier alpha value is -1.80. The average molecular weight is 284 g/mol. The summed E-state index contributed by atoms with van der Waals surface area (Å²) >= 11 is 0. The van der Waals surface area contributed by atoms with Gasteiger partial charge in [-0.2, -0.15) is 0 Å². The van der Waals surface area contributed by atoms with Crippen molar-refractivity contribution in [3.05, 3.63) is 20.8 Å². The Balaban J connectivity index is 2.47. The van der Waals surface area contributed by atoms with Crippen LogP contribution in [0.5, 0.6) is 0 Å². The second kappa shape index (κ2) is 6.10. The SMILES string of the molecule is COCCn1c(N)c(N2CCCC2CO)c(=O)[nH]c1=O. The highest BCUT2D eigenvalue weighted by Crippen LogP contribution is 2.26. The number of hydrogen-bond donors (Lipinski definition) is 3. The molecule has 2 heterocycles. The number of aromatic amines is 1. The van der Waals surface area contributed by atoms with Gasteiger partial charge in [-0.15, -0.1) is 0 Å². The number of nitrogens with two attached hydrogens (primary N) is 1. The van der Waals surface area contributed by atoms with Crippen LogP contribution in [-0.4, -0.2) is 47.6 Å². The maximum atomic E-state index is 12.0. The number of aliphatic hydroxyl groups excluding tert-OH is 1. The third kappa shape index (κ3) is 2.56. The Kier molecular flexibility index (Phi) is 4.46. The molecule has 0 radical (unpaired) electrons. The predicted octanol–water partition coefficient (Wildman–Crippen LogP) is -1.27. The number of ether oxygens (including phenoxy) is 1. The van der Waals surface area contributed by atoms with Gasteiger partial charge in [0.1, 0.15) is 11.5 Å². The van der Waals surface area contributed by atoms with Gasteiger partial charge in [0.05, 0.1) is 25.8 Å². The quantitative estimate of drug-likeness (QED) is 0.621. The lowest BCUT2D eigenvalue weighted by Gasteiger charge is -2.26. The monoisotopic (exact) mass is 284 g/mol. The Bertz CT molecular complexity index is 580. The average Bonchev–Trinajstić information content (AvgIpc) is 2.86. The van der Waals surface area contributed by atoms with E-state index < -0.39 is 11.2 Å². The number of nitrogens with zero attached hydrogens (tertiary/aromatic N) is 2. The van der Waals surface area contributed by atoms with Gasteiger partial charge in [0.15, 0.2) is 0 Å². The molecule has 2 rings (SSSR count). The first-order valence-corrected chi connectivity index (χ1v) is 6.59. The molecule has 8 heteroatoms. The zero-order valence-corrected chi connectivity index (χ0v) is 11.5. The zero-order valence-electron chi connectivity index (χ0n) is 11.5. The lowest BCUT2D eigenvalue weighted by Crippen LogP contribution is -2.41. The van der Waals surface area contributed by atoms with Gasteiger partial charge in [-0.1, -0.05) is 0 Å². The first-order valence-electron chi connectivity index (χ1n) is 6.59. The van der Waals surface area contributed by atoms with E-state index in [0.717, 1.165) is 12.8 Å². The van der Waals surface area contributed by atoms with E-state index in [0.29, 0.717) is 13.2 Å². The number of aromatic nitrogens is 2. The van der Waals surface area contributed by atoms with Gasteiger partial charge in [-0.25, -0.2) is 4.79 Å². The molecule has 1 saturated heterocycles. The minimum atomic E-state index is -0.548. The highest BCUT2D eigenvalue weighted by molar-refractivity contribution is 5.63. The number of hydrogen-bond acceptors (Lipinski definition) is 6. The van der Waals surface area contributed by atoms with E-state index in [1.165, 1.54) is 11.7 Å². The number of aliphatic hydroxyl groups is 1. The minimum Gasteiger partial charge on any atom is -0.394 e. The van der Waals surface area contributed by atoms with E-state index in [4.69, 9.17) is 10.5 Å². The molecule has 1 aromatic heterocycles. The molecule has 4 N–H and O–H groups in total. The standard InChI is InChI=1S/C12H20N4O4/c1-20-6-5-16-10(13)9(11(18)14-12(16)19)15-4-2-3-8(15)7-17/h8,17H,2-7,13H2,1H3,(H,14,18,19). The van der Waals surface area contributed by atoms with Gasteiger partial charge >= 0.3 is 5.69 Å². The van der Waals surface area contributed by atoms with Gasteiger partial charge in [-0.3, -0.25) is 14.3 Å². The number of anilines is 2. The van der Waals surface area contributed by atoms with Gasteiger partial charge in [0.25, 0.3) is 5.56 Å². The van der Waals surface area contributed by atoms with Crippen LogP contribution >= 0.6 is 0 Å². The molecule has 0 aliphatic carbocycles. The molecule has 0 aromatic carbocycles. The van der Waals surface area contributed by atoms with Crippen molar-refractivity contribution in [2.45, 2.75) is 25.4 Å². The van der Waals surface area contributed by atoms with Crippen LogP contribution in [0.15, 0.2) is 9.59 Å². The fourth-order valence-electron chi connectivity index (χ4n) is 2.58. The van der Waals surface area contributed by atoms with Gasteiger partial charge in [0.2, 0.25) is 0 Å². The minimum absolute atomic E-state index is 0.0456. The molecule has 1 aromatic rings. The second-order valence-electron chi connectivity index (χ2n) is 4.81.